The summed E-state index contributed by atoms with van der Waals surface area (Å²) in [4.78, 5) is 40.6. The van der Waals surface area contributed by atoms with Crippen LogP contribution in [0.4, 0.5) is 5.82 Å². The number of benzene rings is 2. The number of nitrogens with one attached hydrogen (secondary N) is 3. The third-order valence-corrected chi connectivity index (χ3v) is 8.50. The Morgan fingerprint density at radius 3 is 2.40 bits per heavy atom. The molecule has 0 spiro atoms. The first-order valence-corrected chi connectivity index (χ1v) is 15.2. The molecule has 2 unspecified atom stereocenters. The van der Waals surface area contributed by atoms with Crippen LogP contribution in [-0.2, 0) is 27.1 Å². The third-order valence-electron chi connectivity index (χ3n) is 8.50. The lowest BCUT2D eigenvalue weighted by Crippen LogP contribution is -2.59. The molecule has 0 fully saturated rings. The van der Waals surface area contributed by atoms with Gasteiger partial charge in [-0.05, 0) is 75.6 Å². The van der Waals surface area contributed by atoms with Crippen LogP contribution in [0.3, 0.4) is 0 Å². The number of nitrogens with two attached hydrogens (primary N) is 2. The van der Waals surface area contributed by atoms with Crippen LogP contribution in [0.2, 0.25) is 0 Å². The van der Waals surface area contributed by atoms with Crippen molar-refractivity contribution in [2.24, 2.45) is 11.5 Å². The van der Waals surface area contributed by atoms with E-state index in [0.717, 1.165) is 24.0 Å². The van der Waals surface area contributed by atoms with Crippen molar-refractivity contribution in [3.8, 4) is 0 Å². The number of carbonyl (C=O) groups excluding carboxylic acids is 3. The number of aryl methyl sites for hydroxylation is 1. The molecule has 4 rings (SSSR count). The monoisotopic (exact) mass is 587 g/mol. The number of aromatic nitrogens is 2. The predicted octanol–water partition coefficient (Wildman–Crippen LogP) is 3.87. The highest BCUT2D eigenvalue weighted by atomic mass is 16.2. The highest BCUT2D eigenvalue weighted by Crippen LogP contribution is 2.40. The molecule has 1 aliphatic heterocycles. The Labute approximate surface area is 254 Å². The summed E-state index contributed by atoms with van der Waals surface area (Å²) in [6.45, 7) is 8.55. The molecule has 0 radical (unpaired) electrons. The number of nitrogens with zero attached hydrogens (tertiary/aromatic N) is 2. The Bertz CT molecular complexity index is 1420. The van der Waals surface area contributed by atoms with E-state index in [9.17, 15) is 14.4 Å². The maximum absolute atomic E-state index is 14.1. The van der Waals surface area contributed by atoms with E-state index in [0.29, 0.717) is 42.8 Å². The van der Waals surface area contributed by atoms with Crippen molar-refractivity contribution in [2.45, 2.75) is 89.4 Å². The Kier molecular flexibility index (Phi) is 9.91. The van der Waals surface area contributed by atoms with Crippen molar-refractivity contribution in [1.29, 1.82) is 0 Å². The first kappa shape index (κ1) is 31.7. The van der Waals surface area contributed by atoms with E-state index in [2.05, 4.69) is 54.0 Å². The average molecular weight is 588 g/mol. The number of anilines is 1. The highest BCUT2D eigenvalue weighted by Gasteiger charge is 2.43. The van der Waals surface area contributed by atoms with E-state index >= 15 is 0 Å². The quantitative estimate of drug-likeness (QED) is 0.191. The lowest BCUT2D eigenvalue weighted by Gasteiger charge is -2.38. The Balaban J connectivity index is 1.71. The smallest absolute Gasteiger partial charge is 0.257 e. The zero-order chi connectivity index (χ0) is 31.2. The molecule has 1 aromatic heterocycles. The van der Waals surface area contributed by atoms with Crippen LogP contribution in [0.1, 0.15) is 92.9 Å². The Hall–Kier alpha value is -4.18. The second kappa shape index (κ2) is 13.4. The molecule has 10 nitrogen and oxygen atoms in total. The zero-order valence-electron chi connectivity index (χ0n) is 25.7. The first-order valence-electron chi connectivity index (χ1n) is 15.2. The van der Waals surface area contributed by atoms with Gasteiger partial charge in [0.2, 0.25) is 5.91 Å². The molecule has 2 aromatic carbocycles. The minimum atomic E-state index is -1.47. The maximum Gasteiger partial charge on any atom is 0.257 e. The van der Waals surface area contributed by atoms with Crippen LogP contribution in [0, 0.1) is 0 Å². The summed E-state index contributed by atoms with van der Waals surface area (Å²) < 4.78 is 1.84. The van der Waals surface area contributed by atoms with Crippen LogP contribution in [0.5, 0.6) is 0 Å². The van der Waals surface area contributed by atoms with Crippen molar-refractivity contribution in [1.82, 2.24) is 20.4 Å². The van der Waals surface area contributed by atoms with Gasteiger partial charge in [0.15, 0.2) is 0 Å². The van der Waals surface area contributed by atoms with Gasteiger partial charge in [0, 0.05) is 0 Å². The lowest BCUT2D eigenvalue weighted by molar-refractivity contribution is -0.132. The highest BCUT2D eigenvalue weighted by molar-refractivity contribution is 6.03. The molecule has 3 amide bonds. The summed E-state index contributed by atoms with van der Waals surface area (Å²) in [5.41, 5.74) is 12.6. The van der Waals surface area contributed by atoms with Crippen molar-refractivity contribution in [3.63, 3.8) is 0 Å². The van der Waals surface area contributed by atoms with Gasteiger partial charge < -0.3 is 27.4 Å². The Morgan fingerprint density at radius 1 is 1.09 bits per heavy atom. The maximum atomic E-state index is 14.1. The van der Waals surface area contributed by atoms with Crippen LogP contribution in [-0.4, -0.2) is 40.1 Å². The van der Waals surface area contributed by atoms with Gasteiger partial charge in [-0.15, -0.1) is 0 Å². The molecule has 2 heterocycles. The van der Waals surface area contributed by atoms with Crippen LogP contribution >= 0.6 is 0 Å². The van der Waals surface area contributed by atoms with Gasteiger partial charge in [0.25, 0.3) is 11.8 Å². The zero-order valence-corrected chi connectivity index (χ0v) is 25.7. The summed E-state index contributed by atoms with van der Waals surface area (Å²) >= 11 is 0. The first-order chi connectivity index (χ1) is 20.6. The topological polar surface area (TPSA) is 157 Å². The second-order valence-corrected chi connectivity index (χ2v) is 11.9. The summed E-state index contributed by atoms with van der Waals surface area (Å²) in [5.74, 6) is -0.993. The molecule has 3 aromatic rings. The fourth-order valence-corrected chi connectivity index (χ4v) is 5.86. The predicted molar refractivity (Wildman–Crippen MR) is 168 cm³/mol. The number of rotatable bonds is 13. The normalized spacial score (nSPS) is 17.6. The number of unbranched alkanes of at least 4 members (excludes halogenated alkanes) is 1. The van der Waals surface area contributed by atoms with E-state index in [4.69, 9.17) is 11.5 Å². The van der Waals surface area contributed by atoms with Crippen LogP contribution in [0.25, 0.3) is 0 Å². The number of carbonyl (C=O) groups is 3. The van der Waals surface area contributed by atoms with Crippen molar-refractivity contribution >= 4 is 23.5 Å². The average Bonchev–Trinajstić information content (AvgIpc) is 3.45. The van der Waals surface area contributed by atoms with Crippen LogP contribution < -0.4 is 27.4 Å². The largest absolute Gasteiger partial charge is 0.368 e. The van der Waals surface area contributed by atoms with Gasteiger partial charge in [0.1, 0.15) is 23.0 Å². The molecule has 0 aliphatic carbocycles. The SMILES string of the molecule is CCc1ccc(C(CC)(NC(=O)c2cnn3c2N[C@@H](c2ccccc2)CC3(C)C)C(=O)NC(CCCCN)C(N)=O)cc1. The molecule has 0 saturated heterocycles. The van der Waals surface area contributed by atoms with Gasteiger partial charge in [0.05, 0.1) is 17.8 Å². The standard InChI is InChI=1S/C33H45N7O3/c1-5-22-15-17-24(18-16-22)33(6-2,31(43)38-26(28(35)41)14-10-11-19-34)39-30(42)25-21-36-40-29(25)37-27(20-32(40,3)4)23-12-8-7-9-13-23/h7-9,12-13,15-18,21,26-27,37H,5-6,10-11,14,19-20,34H2,1-4H3,(H2,35,41)(H,38,43)(H,39,42)/t26?,27-,33?/m1/s1. The fourth-order valence-electron chi connectivity index (χ4n) is 5.86. The van der Waals surface area contributed by atoms with Crippen molar-refractivity contribution in [3.05, 3.63) is 83.0 Å². The van der Waals surface area contributed by atoms with Gasteiger partial charge >= 0.3 is 0 Å². The number of amides is 3. The minimum Gasteiger partial charge on any atom is -0.368 e. The molecular weight excluding hydrogens is 542 g/mol. The van der Waals surface area contributed by atoms with Crippen molar-refractivity contribution in [2.75, 3.05) is 11.9 Å². The number of hydrogen-bond donors (Lipinski definition) is 5. The van der Waals surface area contributed by atoms with E-state index < -0.39 is 29.3 Å². The van der Waals surface area contributed by atoms with Gasteiger partial charge in [-0.25, -0.2) is 4.68 Å². The molecule has 230 valence electrons. The van der Waals surface area contributed by atoms with E-state index in [1.165, 1.54) is 0 Å². The summed E-state index contributed by atoms with van der Waals surface area (Å²) in [7, 11) is 0. The third kappa shape index (κ3) is 6.74. The molecule has 0 saturated carbocycles. The van der Waals surface area contributed by atoms with E-state index in [-0.39, 0.29) is 18.0 Å². The van der Waals surface area contributed by atoms with Crippen molar-refractivity contribution < 1.29 is 14.4 Å². The molecule has 7 N–H and O–H groups in total. The molecular formula is C33H45N7O3. The van der Waals surface area contributed by atoms with E-state index in [1.54, 1.807) is 6.20 Å². The molecule has 3 atom stereocenters. The Morgan fingerprint density at radius 2 is 1.79 bits per heavy atom. The number of primary amides is 1. The van der Waals surface area contributed by atoms with Gasteiger partial charge in [-0.3, -0.25) is 14.4 Å². The number of fused-ring (bicyclic) bond motifs is 1. The van der Waals surface area contributed by atoms with Crippen LogP contribution in [0.15, 0.2) is 60.8 Å². The molecule has 0 bridgehead atoms. The van der Waals surface area contributed by atoms with Gasteiger partial charge in [-0.2, -0.15) is 5.10 Å². The number of hydrogen-bond acceptors (Lipinski definition) is 6. The van der Waals surface area contributed by atoms with Gasteiger partial charge in [-0.1, -0.05) is 68.4 Å². The lowest BCUT2D eigenvalue weighted by atomic mass is 9.84. The summed E-state index contributed by atoms with van der Waals surface area (Å²) in [6.07, 6.45) is 5.08. The van der Waals surface area contributed by atoms with E-state index in [1.807, 2.05) is 54.1 Å². The fraction of sp³-hybridized carbons (Fsp3) is 0.455. The second-order valence-electron chi connectivity index (χ2n) is 11.9. The summed E-state index contributed by atoms with van der Waals surface area (Å²) in [6, 6.07) is 16.8. The minimum absolute atomic E-state index is 0.0300. The molecule has 43 heavy (non-hydrogen) atoms. The molecule has 10 heteroatoms. The molecule has 1 aliphatic rings. The summed E-state index contributed by atoms with van der Waals surface area (Å²) in [5, 5.41) is 14.0.